The number of hydrogen-bond donors (Lipinski definition) is 2. The van der Waals surface area contributed by atoms with Crippen LogP contribution in [0.4, 0.5) is 0 Å². The molecule has 3 N–H and O–H groups in total. The number of ether oxygens (including phenoxy) is 2. The standard InChI is InChI=1S/C73H130NO8P/c1-3-5-7-9-11-13-15-17-19-21-23-25-27-29-31-33-35-37-39-41-43-45-47-49-51-53-55-57-59-61-63-65-72(75)79-69-71(70-81-83(77,78)80-68-67-74)82-73(76)66-64-62-60-58-56-54-52-50-48-46-44-42-40-38-36-34-32-30-28-26-24-22-20-18-16-14-12-10-8-6-4-2/h5-8,11-14,17-20,23-26,71H,3-4,9-10,15-16,21-22,27-70,74H2,1-2H3,(H,77,78)/b7-5-,8-6-,13-11-,14-12-,19-17-,20-18-,25-23-,26-24-. The van der Waals surface area contributed by atoms with Gasteiger partial charge in [0.15, 0.2) is 6.10 Å². The molecule has 0 amide bonds. The Balaban J connectivity index is 3.85. The van der Waals surface area contributed by atoms with Gasteiger partial charge in [0, 0.05) is 19.4 Å². The molecule has 9 nitrogen and oxygen atoms in total. The second kappa shape index (κ2) is 68.0. The number of nitrogens with two attached hydrogens (primary N) is 1. The van der Waals surface area contributed by atoms with E-state index in [4.69, 9.17) is 24.3 Å². The third-order valence-electron chi connectivity index (χ3n) is 15.0. The van der Waals surface area contributed by atoms with Crippen molar-refractivity contribution in [1.29, 1.82) is 0 Å². The Hall–Kier alpha value is -3.07. The highest BCUT2D eigenvalue weighted by molar-refractivity contribution is 7.47. The molecule has 0 spiro atoms. The fourth-order valence-corrected chi connectivity index (χ4v) is 10.7. The molecule has 0 aromatic carbocycles. The smallest absolute Gasteiger partial charge is 0.462 e. The topological polar surface area (TPSA) is 134 Å². The number of hydrogen-bond acceptors (Lipinski definition) is 8. The molecule has 0 aliphatic carbocycles. The van der Waals surface area contributed by atoms with Gasteiger partial charge in [-0.15, -0.1) is 0 Å². The summed E-state index contributed by atoms with van der Waals surface area (Å²) in [6.07, 6.45) is 92.1. The van der Waals surface area contributed by atoms with E-state index in [1.165, 1.54) is 199 Å². The summed E-state index contributed by atoms with van der Waals surface area (Å²) in [4.78, 5) is 35.4. The van der Waals surface area contributed by atoms with E-state index in [9.17, 15) is 19.0 Å². The van der Waals surface area contributed by atoms with Gasteiger partial charge in [-0.2, -0.15) is 0 Å². The van der Waals surface area contributed by atoms with E-state index in [2.05, 4.69) is 111 Å². The van der Waals surface area contributed by atoms with Crippen LogP contribution in [0.15, 0.2) is 97.2 Å². The van der Waals surface area contributed by atoms with Crippen molar-refractivity contribution in [3.63, 3.8) is 0 Å². The summed E-state index contributed by atoms with van der Waals surface area (Å²) in [6, 6.07) is 0. The number of carbonyl (C=O) groups is 2. The number of phosphoric ester groups is 1. The van der Waals surface area contributed by atoms with Crippen LogP contribution in [0, 0.1) is 0 Å². The van der Waals surface area contributed by atoms with Gasteiger partial charge < -0.3 is 20.1 Å². The van der Waals surface area contributed by atoms with Crippen LogP contribution in [0.3, 0.4) is 0 Å². The maximum Gasteiger partial charge on any atom is 0.472 e. The van der Waals surface area contributed by atoms with Crippen LogP contribution in [0.5, 0.6) is 0 Å². The molecule has 0 saturated heterocycles. The summed E-state index contributed by atoms with van der Waals surface area (Å²) in [5.41, 5.74) is 5.40. The maximum absolute atomic E-state index is 12.8. The average Bonchev–Trinajstić information content (AvgIpc) is 3.48. The predicted octanol–water partition coefficient (Wildman–Crippen LogP) is 22.7. The Morgan fingerprint density at radius 2 is 0.627 bits per heavy atom. The summed E-state index contributed by atoms with van der Waals surface area (Å²) < 4.78 is 33.2. The number of rotatable bonds is 65. The molecule has 0 heterocycles. The highest BCUT2D eigenvalue weighted by atomic mass is 31.2. The summed E-state index contributed by atoms with van der Waals surface area (Å²) in [5, 5.41) is 0. The zero-order valence-corrected chi connectivity index (χ0v) is 54.8. The van der Waals surface area contributed by atoms with Gasteiger partial charge in [-0.05, 0) is 89.9 Å². The molecule has 0 aliphatic rings. The molecule has 0 saturated carbocycles. The van der Waals surface area contributed by atoms with Crippen LogP contribution >= 0.6 is 7.82 Å². The minimum atomic E-state index is -4.40. The Labute approximate surface area is 512 Å². The van der Waals surface area contributed by atoms with Gasteiger partial charge >= 0.3 is 19.8 Å². The van der Waals surface area contributed by atoms with Gasteiger partial charge in [0.1, 0.15) is 6.61 Å². The van der Waals surface area contributed by atoms with Crippen LogP contribution in [-0.4, -0.2) is 49.3 Å². The molecule has 480 valence electrons. The van der Waals surface area contributed by atoms with Crippen molar-refractivity contribution in [1.82, 2.24) is 0 Å². The second-order valence-electron chi connectivity index (χ2n) is 23.0. The Morgan fingerprint density at radius 3 is 0.928 bits per heavy atom. The monoisotopic (exact) mass is 1180 g/mol. The van der Waals surface area contributed by atoms with Crippen molar-refractivity contribution in [3.05, 3.63) is 97.2 Å². The minimum Gasteiger partial charge on any atom is -0.462 e. The average molecular weight is 1180 g/mol. The molecular weight excluding hydrogens is 1050 g/mol. The summed E-state index contributed by atoms with van der Waals surface area (Å²) in [6.45, 7) is 3.56. The molecule has 0 radical (unpaired) electrons. The van der Waals surface area contributed by atoms with Crippen molar-refractivity contribution >= 4 is 19.8 Å². The van der Waals surface area contributed by atoms with Gasteiger partial charge in [0.05, 0.1) is 13.2 Å². The second-order valence-corrected chi connectivity index (χ2v) is 24.4. The fraction of sp³-hybridized carbons (Fsp3) is 0.753. The zero-order chi connectivity index (χ0) is 60.1. The first-order chi connectivity index (χ1) is 40.8. The van der Waals surface area contributed by atoms with E-state index in [-0.39, 0.29) is 38.6 Å². The van der Waals surface area contributed by atoms with Gasteiger partial charge in [-0.25, -0.2) is 4.57 Å². The lowest BCUT2D eigenvalue weighted by Crippen LogP contribution is -2.29. The molecule has 0 bridgehead atoms. The lowest BCUT2D eigenvalue weighted by Gasteiger charge is -2.19. The molecule has 2 atom stereocenters. The van der Waals surface area contributed by atoms with Crippen molar-refractivity contribution in [2.45, 2.75) is 328 Å². The molecule has 83 heavy (non-hydrogen) atoms. The van der Waals surface area contributed by atoms with E-state index >= 15 is 0 Å². The normalized spacial score (nSPS) is 13.5. The van der Waals surface area contributed by atoms with Crippen molar-refractivity contribution in [2.24, 2.45) is 5.73 Å². The number of phosphoric acid groups is 1. The van der Waals surface area contributed by atoms with E-state index in [1.807, 2.05) is 0 Å². The minimum absolute atomic E-state index is 0.0524. The van der Waals surface area contributed by atoms with Gasteiger partial charge in [0.2, 0.25) is 0 Å². The van der Waals surface area contributed by atoms with Crippen LogP contribution < -0.4 is 5.73 Å². The Kier molecular flexibility index (Phi) is 65.5. The molecule has 0 rings (SSSR count). The van der Waals surface area contributed by atoms with Crippen LogP contribution in [0.2, 0.25) is 0 Å². The van der Waals surface area contributed by atoms with Crippen molar-refractivity contribution in [3.8, 4) is 0 Å². The molecular formula is C73H130NO8P. The maximum atomic E-state index is 12.8. The number of esters is 2. The highest BCUT2D eigenvalue weighted by Gasteiger charge is 2.26. The Morgan fingerprint density at radius 1 is 0.361 bits per heavy atom. The largest absolute Gasteiger partial charge is 0.472 e. The summed E-state index contributed by atoms with van der Waals surface area (Å²) in [5.74, 6) is -0.815. The third kappa shape index (κ3) is 67.9. The van der Waals surface area contributed by atoms with E-state index < -0.39 is 26.5 Å². The van der Waals surface area contributed by atoms with Crippen LogP contribution in [-0.2, 0) is 32.7 Å². The van der Waals surface area contributed by atoms with E-state index in [0.29, 0.717) is 6.42 Å². The molecule has 0 fully saturated rings. The van der Waals surface area contributed by atoms with Gasteiger partial charge in [0.25, 0.3) is 0 Å². The fourth-order valence-electron chi connectivity index (χ4n) is 9.92. The number of allylic oxidation sites excluding steroid dienone is 16. The first kappa shape index (κ1) is 79.9. The van der Waals surface area contributed by atoms with Crippen LogP contribution in [0.1, 0.15) is 322 Å². The highest BCUT2D eigenvalue weighted by Crippen LogP contribution is 2.43. The quantitative estimate of drug-likeness (QED) is 0.0264. The first-order valence-electron chi connectivity index (χ1n) is 34.7. The summed E-state index contributed by atoms with van der Waals surface area (Å²) in [7, 11) is -4.40. The molecule has 0 aliphatic heterocycles. The Bertz CT molecular complexity index is 1680. The van der Waals surface area contributed by atoms with Gasteiger partial charge in [-0.3, -0.25) is 18.6 Å². The molecule has 2 unspecified atom stereocenters. The molecule has 0 aromatic heterocycles. The van der Waals surface area contributed by atoms with Crippen molar-refractivity contribution < 1.29 is 37.6 Å². The zero-order valence-electron chi connectivity index (χ0n) is 53.9. The van der Waals surface area contributed by atoms with Crippen molar-refractivity contribution in [2.75, 3.05) is 26.4 Å². The SMILES string of the molecule is CC/C=C\C/C=C\C/C=C\C/C=C\CCCCCCCCCCCCCCCCCCCCC(=O)OCC(COP(=O)(O)OCCN)OC(=O)CCCCCCCCCCCCCCCCCCCC/C=C\C/C=C\C/C=C\C/C=C\CC. The third-order valence-corrected chi connectivity index (χ3v) is 15.9. The van der Waals surface area contributed by atoms with E-state index in [0.717, 1.165) is 89.9 Å². The number of carbonyl (C=O) groups excluding carboxylic acids is 2. The molecule has 0 aromatic rings. The van der Waals surface area contributed by atoms with E-state index in [1.54, 1.807) is 0 Å². The van der Waals surface area contributed by atoms with Gasteiger partial charge in [-0.1, -0.05) is 317 Å². The van der Waals surface area contributed by atoms with Crippen LogP contribution in [0.25, 0.3) is 0 Å². The first-order valence-corrected chi connectivity index (χ1v) is 36.2. The number of unbranched alkanes of at least 4 members (excludes halogenated alkanes) is 36. The lowest BCUT2D eigenvalue weighted by atomic mass is 10.0. The lowest BCUT2D eigenvalue weighted by molar-refractivity contribution is -0.161. The predicted molar refractivity (Wildman–Crippen MR) is 358 cm³/mol. The summed E-state index contributed by atoms with van der Waals surface area (Å²) >= 11 is 0. The molecule has 10 heteroatoms.